The number of allylic oxidation sites excluding steroid dienone is 2. The second kappa shape index (κ2) is 3.94. The van der Waals surface area contributed by atoms with Crippen LogP contribution in [0, 0.1) is 23.2 Å². The van der Waals surface area contributed by atoms with E-state index in [-0.39, 0.29) is 17.5 Å². The van der Waals surface area contributed by atoms with Crippen molar-refractivity contribution >= 4 is 11.8 Å². The fourth-order valence-corrected chi connectivity index (χ4v) is 3.88. The van der Waals surface area contributed by atoms with Crippen LogP contribution in [0.1, 0.15) is 29.8 Å². The van der Waals surface area contributed by atoms with E-state index in [1.165, 1.54) is 25.2 Å². The second-order valence-corrected chi connectivity index (χ2v) is 5.92. The predicted molar refractivity (Wildman–Crippen MR) is 68.0 cm³/mol. The quantitative estimate of drug-likeness (QED) is 0.623. The van der Waals surface area contributed by atoms with Crippen LogP contribution in [0.4, 0.5) is 0 Å². The van der Waals surface area contributed by atoms with E-state index in [0.29, 0.717) is 17.3 Å². The molecule has 2 saturated carbocycles. The number of hydrogen-bond acceptors (Lipinski definition) is 4. The number of amides is 2. The predicted octanol–water partition coefficient (Wildman–Crippen LogP) is 1.04. The van der Waals surface area contributed by atoms with E-state index in [2.05, 4.69) is 32.7 Å². The summed E-state index contributed by atoms with van der Waals surface area (Å²) >= 11 is 0. The maximum atomic E-state index is 12.2. The second-order valence-electron chi connectivity index (χ2n) is 5.92. The molecule has 0 unspecified atom stereocenters. The lowest BCUT2D eigenvalue weighted by Crippen LogP contribution is -2.45. The first-order valence-corrected chi connectivity index (χ1v) is 6.90. The van der Waals surface area contributed by atoms with Crippen LogP contribution in [0.5, 0.6) is 0 Å². The van der Waals surface area contributed by atoms with E-state index in [0.717, 1.165) is 6.42 Å². The first-order valence-electron chi connectivity index (χ1n) is 6.90. The van der Waals surface area contributed by atoms with Crippen LogP contribution < -0.4 is 10.9 Å². The molecule has 6 nitrogen and oxygen atoms in total. The van der Waals surface area contributed by atoms with Gasteiger partial charge in [0.15, 0.2) is 5.69 Å². The van der Waals surface area contributed by atoms with E-state index >= 15 is 0 Å². The number of hydrazine groups is 1. The van der Waals surface area contributed by atoms with E-state index in [1.807, 2.05) is 0 Å². The van der Waals surface area contributed by atoms with Crippen LogP contribution in [0.2, 0.25) is 0 Å². The summed E-state index contributed by atoms with van der Waals surface area (Å²) in [5.74, 6) is 0.299. The Labute approximate surface area is 115 Å². The van der Waals surface area contributed by atoms with Gasteiger partial charge < -0.3 is 4.52 Å². The zero-order chi connectivity index (χ0) is 13.7. The number of carbonyl (C=O) groups is 2. The fourth-order valence-electron chi connectivity index (χ4n) is 3.88. The molecule has 1 spiro atoms. The molecule has 3 aliphatic carbocycles. The normalized spacial score (nSPS) is 31.5. The third kappa shape index (κ3) is 1.54. The SMILES string of the molecule is O=C(NNC(=O)[C@@H]1C[C@H]2C=C[C@@H]1C21CC1)c1ccon1. The molecule has 1 heterocycles. The summed E-state index contributed by atoms with van der Waals surface area (Å²) in [5.41, 5.74) is 5.42. The van der Waals surface area contributed by atoms with Crippen molar-refractivity contribution in [1.82, 2.24) is 16.0 Å². The number of carbonyl (C=O) groups excluding carboxylic acids is 2. The third-order valence-electron chi connectivity index (χ3n) is 5.03. The lowest BCUT2D eigenvalue weighted by Gasteiger charge is -2.19. The molecule has 2 fully saturated rings. The number of hydrogen-bond donors (Lipinski definition) is 2. The Balaban J connectivity index is 1.38. The number of nitrogens with zero attached hydrogens (tertiary/aromatic N) is 1. The maximum Gasteiger partial charge on any atom is 0.291 e. The van der Waals surface area contributed by atoms with Gasteiger partial charge in [0.1, 0.15) is 6.26 Å². The Morgan fingerprint density at radius 1 is 1.30 bits per heavy atom. The summed E-state index contributed by atoms with van der Waals surface area (Å²) in [4.78, 5) is 23.9. The Bertz CT molecular complexity index is 589. The van der Waals surface area contributed by atoms with Crippen LogP contribution in [0.25, 0.3) is 0 Å². The van der Waals surface area contributed by atoms with Crippen molar-refractivity contribution in [2.24, 2.45) is 23.2 Å². The highest BCUT2D eigenvalue weighted by Crippen LogP contribution is 2.70. The maximum absolute atomic E-state index is 12.2. The first kappa shape index (κ1) is 11.7. The molecular weight excluding hydrogens is 258 g/mol. The van der Waals surface area contributed by atoms with Gasteiger partial charge in [-0.05, 0) is 36.5 Å². The Morgan fingerprint density at radius 2 is 2.15 bits per heavy atom. The van der Waals surface area contributed by atoms with Gasteiger partial charge in [-0.2, -0.15) is 0 Å². The molecule has 6 heteroatoms. The van der Waals surface area contributed by atoms with E-state index in [4.69, 9.17) is 0 Å². The number of nitrogens with one attached hydrogen (secondary N) is 2. The Kier molecular flexibility index (Phi) is 2.31. The van der Waals surface area contributed by atoms with Crippen LogP contribution in [0.15, 0.2) is 29.0 Å². The molecule has 3 atom stereocenters. The minimum atomic E-state index is -0.466. The van der Waals surface area contributed by atoms with Crippen molar-refractivity contribution in [2.45, 2.75) is 19.3 Å². The average Bonchev–Trinajstić information content (AvgIpc) is 2.83. The van der Waals surface area contributed by atoms with Crippen molar-refractivity contribution in [2.75, 3.05) is 0 Å². The first-order chi connectivity index (χ1) is 9.71. The van der Waals surface area contributed by atoms with E-state index in [1.54, 1.807) is 0 Å². The molecule has 0 saturated heterocycles. The van der Waals surface area contributed by atoms with Crippen LogP contribution >= 0.6 is 0 Å². The Morgan fingerprint density at radius 3 is 2.80 bits per heavy atom. The monoisotopic (exact) mass is 273 g/mol. The molecule has 0 aliphatic heterocycles. The summed E-state index contributed by atoms with van der Waals surface area (Å²) in [6.07, 6.45) is 9.11. The lowest BCUT2D eigenvalue weighted by atomic mass is 9.88. The van der Waals surface area contributed by atoms with Gasteiger partial charge in [-0.15, -0.1) is 0 Å². The molecule has 2 bridgehead atoms. The molecule has 0 aromatic carbocycles. The number of aromatic nitrogens is 1. The van der Waals surface area contributed by atoms with Crippen molar-refractivity contribution < 1.29 is 14.1 Å². The van der Waals surface area contributed by atoms with Gasteiger partial charge in [0, 0.05) is 12.0 Å². The summed E-state index contributed by atoms with van der Waals surface area (Å²) in [7, 11) is 0. The molecule has 20 heavy (non-hydrogen) atoms. The standard InChI is InChI=1S/C14H15N3O3/c18-12(15-16-13(19)11-3-6-20-17-11)9-7-8-1-2-10(9)14(8)4-5-14/h1-3,6,8-10H,4-5,7H2,(H,15,18)(H,16,19)/t8-,9-,10+/m1/s1. The van der Waals surface area contributed by atoms with Gasteiger partial charge >= 0.3 is 0 Å². The molecule has 0 radical (unpaired) electrons. The highest BCUT2D eigenvalue weighted by atomic mass is 16.5. The van der Waals surface area contributed by atoms with E-state index < -0.39 is 5.91 Å². The lowest BCUT2D eigenvalue weighted by molar-refractivity contribution is -0.126. The summed E-state index contributed by atoms with van der Waals surface area (Å²) in [6, 6.07) is 1.45. The molecule has 2 amide bonds. The van der Waals surface area contributed by atoms with Crippen molar-refractivity contribution in [1.29, 1.82) is 0 Å². The minimum absolute atomic E-state index is 0.0230. The van der Waals surface area contributed by atoms with Gasteiger partial charge in [-0.1, -0.05) is 17.3 Å². The molecular formula is C14H15N3O3. The molecule has 4 rings (SSSR count). The van der Waals surface area contributed by atoms with Crippen molar-refractivity contribution in [3.8, 4) is 0 Å². The highest BCUT2D eigenvalue weighted by molar-refractivity contribution is 5.93. The van der Waals surface area contributed by atoms with Crippen LogP contribution in [-0.4, -0.2) is 17.0 Å². The minimum Gasteiger partial charge on any atom is -0.364 e. The van der Waals surface area contributed by atoms with Crippen LogP contribution in [0.3, 0.4) is 0 Å². The van der Waals surface area contributed by atoms with Crippen molar-refractivity contribution in [3.05, 3.63) is 30.2 Å². The van der Waals surface area contributed by atoms with Crippen molar-refractivity contribution in [3.63, 3.8) is 0 Å². The van der Waals surface area contributed by atoms with E-state index in [9.17, 15) is 9.59 Å². The largest absolute Gasteiger partial charge is 0.364 e. The number of rotatable bonds is 2. The molecule has 1 aromatic heterocycles. The molecule has 2 N–H and O–H groups in total. The molecule has 104 valence electrons. The van der Waals surface area contributed by atoms with Crippen LogP contribution in [-0.2, 0) is 4.79 Å². The topological polar surface area (TPSA) is 84.2 Å². The average molecular weight is 273 g/mol. The summed E-state index contributed by atoms with van der Waals surface area (Å²) < 4.78 is 4.59. The van der Waals surface area contributed by atoms with Gasteiger partial charge in [0.25, 0.3) is 5.91 Å². The van der Waals surface area contributed by atoms with Gasteiger partial charge in [0.2, 0.25) is 5.91 Å². The summed E-state index contributed by atoms with van der Waals surface area (Å²) in [6.45, 7) is 0. The van der Waals surface area contributed by atoms with Gasteiger partial charge in [0.05, 0.1) is 0 Å². The zero-order valence-corrected chi connectivity index (χ0v) is 10.8. The zero-order valence-electron chi connectivity index (χ0n) is 10.8. The highest BCUT2D eigenvalue weighted by Gasteiger charge is 2.64. The third-order valence-corrected chi connectivity index (χ3v) is 5.03. The smallest absolute Gasteiger partial charge is 0.291 e. The molecule has 1 aromatic rings. The van der Waals surface area contributed by atoms with Gasteiger partial charge in [-0.25, -0.2) is 0 Å². The Hall–Kier alpha value is -2.11. The van der Waals surface area contributed by atoms with Gasteiger partial charge in [-0.3, -0.25) is 20.4 Å². The fraction of sp³-hybridized carbons (Fsp3) is 0.500. The molecule has 3 aliphatic rings. The summed E-state index contributed by atoms with van der Waals surface area (Å²) in [5, 5.41) is 3.51.